The van der Waals surface area contributed by atoms with Crippen molar-refractivity contribution in [2.24, 2.45) is 0 Å². The second-order valence-corrected chi connectivity index (χ2v) is 8.40. The van der Waals surface area contributed by atoms with Gasteiger partial charge in [-0.15, -0.1) is 0 Å². The van der Waals surface area contributed by atoms with Gasteiger partial charge in [0.05, 0.1) is 16.8 Å². The van der Waals surface area contributed by atoms with Crippen molar-refractivity contribution in [2.75, 3.05) is 6.54 Å². The lowest BCUT2D eigenvalue weighted by Gasteiger charge is -2.24. The van der Waals surface area contributed by atoms with Gasteiger partial charge in [-0.2, -0.15) is 0 Å². The Balaban J connectivity index is 1.81. The first-order valence-corrected chi connectivity index (χ1v) is 9.18. The fourth-order valence-corrected chi connectivity index (χ4v) is 4.58. The molecule has 1 aliphatic carbocycles. The molecule has 0 amide bonds. The summed E-state index contributed by atoms with van der Waals surface area (Å²) in [6.45, 7) is -0.655. The zero-order valence-corrected chi connectivity index (χ0v) is 13.6. The van der Waals surface area contributed by atoms with E-state index in [1.54, 1.807) is 0 Å². The maximum atomic E-state index is 14.0. The lowest BCUT2D eigenvalue weighted by atomic mass is 9.99. The Bertz CT molecular complexity index is 710. The van der Waals surface area contributed by atoms with E-state index in [9.17, 15) is 21.6 Å². The third kappa shape index (κ3) is 3.50. The zero-order chi connectivity index (χ0) is 16.8. The third-order valence-electron chi connectivity index (χ3n) is 4.18. The molecule has 1 saturated heterocycles. The van der Waals surface area contributed by atoms with Crippen molar-refractivity contribution in [1.82, 2.24) is 10.0 Å². The van der Waals surface area contributed by atoms with E-state index >= 15 is 0 Å². The summed E-state index contributed by atoms with van der Waals surface area (Å²) in [4.78, 5) is 0. The second kappa shape index (κ2) is 5.91. The summed E-state index contributed by atoms with van der Waals surface area (Å²) in [5.74, 6) is -3.91. The highest BCUT2D eigenvalue weighted by atomic mass is 35.5. The van der Waals surface area contributed by atoms with Crippen LogP contribution in [0.2, 0.25) is 5.02 Å². The molecule has 0 bridgehead atoms. The smallest absolute Gasteiger partial charge is 0.277 e. The molecule has 1 aliphatic heterocycles. The quantitative estimate of drug-likeness (QED) is 0.836. The first-order valence-electron chi connectivity index (χ1n) is 7.26. The SMILES string of the molecule is O=S(=O)(N[C@@H]1[C@H](Cc2cccc(Cl)c2F)NCC1(F)F)C1CC1. The number of hydrogen-bond donors (Lipinski definition) is 2. The maximum Gasteiger partial charge on any atom is 0.277 e. The summed E-state index contributed by atoms with van der Waals surface area (Å²) in [5, 5.41) is 1.90. The molecule has 9 heteroatoms. The van der Waals surface area contributed by atoms with Gasteiger partial charge in [-0.25, -0.2) is 26.3 Å². The van der Waals surface area contributed by atoms with E-state index in [1.807, 2.05) is 0 Å². The molecule has 128 valence electrons. The van der Waals surface area contributed by atoms with Crippen LogP contribution < -0.4 is 10.0 Å². The number of nitrogens with one attached hydrogen (secondary N) is 2. The minimum Gasteiger partial charge on any atom is -0.306 e. The van der Waals surface area contributed by atoms with Crippen molar-refractivity contribution < 1.29 is 21.6 Å². The number of sulfonamides is 1. The van der Waals surface area contributed by atoms with Crippen LogP contribution in [0.4, 0.5) is 13.2 Å². The van der Waals surface area contributed by atoms with Gasteiger partial charge in [-0.05, 0) is 30.9 Å². The number of halogens is 4. The average molecular weight is 369 g/mol. The standard InChI is InChI=1S/C14H16ClF3N2O2S/c15-10-3-1-2-8(12(10)16)6-11-13(14(17,18)7-19-11)20-23(21,22)9-4-5-9/h1-3,9,11,13,19-20H,4-7H2/t11-,13+/m0/s1. The van der Waals surface area contributed by atoms with E-state index in [2.05, 4.69) is 10.0 Å². The summed E-state index contributed by atoms with van der Waals surface area (Å²) in [7, 11) is -3.77. The lowest BCUT2D eigenvalue weighted by Crippen LogP contribution is -2.52. The van der Waals surface area contributed by atoms with Gasteiger partial charge in [0.15, 0.2) is 0 Å². The highest BCUT2D eigenvalue weighted by Gasteiger charge is 2.53. The van der Waals surface area contributed by atoms with E-state index < -0.39 is 45.6 Å². The normalized spacial score (nSPS) is 27.3. The van der Waals surface area contributed by atoms with Gasteiger partial charge < -0.3 is 5.32 Å². The van der Waals surface area contributed by atoms with Crippen LogP contribution in [0.3, 0.4) is 0 Å². The Hall–Kier alpha value is -0.830. The Morgan fingerprint density at radius 3 is 2.70 bits per heavy atom. The molecule has 3 rings (SSSR count). The van der Waals surface area contributed by atoms with E-state index in [4.69, 9.17) is 11.6 Å². The Labute approximate surface area is 137 Å². The molecule has 1 saturated carbocycles. The van der Waals surface area contributed by atoms with Gasteiger partial charge in [-0.3, -0.25) is 0 Å². The summed E-state index contributed by atoms with van der Waals surface area (Å²) < 4.78 is 68.2. The van der Waals surface area contributed by atoms with E-state index in [1.165, 1.54) is 18.2 Å². The van der Waals surface area contributed by atoms with Crippen LogP contribution in [0.1, 0.15) is 18.4 Å². The molecule has 1 aromatic carbocycles. The second-order valence-electron chi connectivity index (χ2n) is 6.01. The van der Waals surface area contributed by atoms with E-state index in [0.29, 0.717) is 12.8 Å². The van der Waals surface area contributed by atoms with Crippen LogP contribution >= 0.6 is 11.6 Å². The van der Waals surface area contributed by atoms with Crippen LogP contribution in [0.15, 0.2) is 18.2 Å². The first-order chi connectivity index (χ1) is 10.7. The van der Waals surface area contributed by atoms with Crippen LogP contribution in [0, 0.1) is 5.82 Å². The van der Waals surface area contributed by atoms with Crippen molar-refractivity contribution in [3.63, 3.8) is 0 Å². The van der Waals surface area contributed by atoms with Crippen molar-refractivity contribution in [3.8, 4) is 0 Å². The number of hydrogen-bond acceptors (Lipinski definition) is 3. The number of alkyl halides is 2. The molecule has 1 aromatic rings. The molecule has 2 N–H and O–H groups in total. The van der Waals surface area contributed by atoms with Gasteiger partial charge in [0.2, 0.25) is 10.0 Å². The molecular formula is C14H16ClF3N2O2S. The fourth-order valence-electron chi connectivity index (χ4n) is 2.74. The predicted molar refractivity (Wildman–Crippen MR) is 80.7 cm³/mol. The molecular weight excluding hydrogens is 353 g/mol. The molecule has 4 nitrogen and oxygen atoms in total. The van der Waals surface area contributed by atoms with Crippen molar-refractivity contribution in [1.29, 1.82) is 0 Å². The molecule has 0 spiro atoms. The van der Waals surface area contributed by atoms with E-state index in [0.717, 1.165) is 0 Å². The monoisotopic (exact) mass is 368 g/mol. The van der Waals surface area contributed by atoms with Gasteiger partial charge in [-0.1, -0.05) is 23.7 Å². The van der Waals surface area contributed by atoms with Crippen LogP contribution in [-0.2, 0) is 16.4 Å². The third-order valence-corrected chi connectivity index (χ3v) is 6.41. The van der Waals surface area contributed by atoms with Gasteiger partial charge in [0.25, 0.3) is 5.92 Å². The summed E-state index contributed by atoms with van der Waals surface area (Å²) in [6.07, 6.45) is 0.878. The Kier molecular flexibility index (Phi) is 4.37. The average Bonchev–Trinajstić information content (AvgIpc) is 3.27. The van der Waals surface area contributed by atoms with Gasteiger partial charge in [0, 0.05) is 6.04 Å². The van der Waals surface area contributed by atoms with Crippen molar-refractivity contribution in [3.05, 3.63) is 34.6 Å². The lowest BCUT2D eigenvalue weighted by molar-refractivity contribution is -0.000904. The predicted octanol–water partition coefficient (Wildman–Crippen LogP) is 2.08. The molecule has 1 heterocycles. The molecule has 2 atom stereocenters. The minimum absolute atomic E-state index is 0.0835. The topological polar surface area (TPSA) is 58.2 Å². The van der Waals surface area contributed by atoms with Gasteiger partial charge >= 0.3 is 0 Å². The molecule has 2 fully saturated rings. The molecule has 0 unspecified atom stereocenters. The molecule has 0 aromatic heterocycles. The van der Waals surface area contributed by atoms with E-state index in [-0.39, 0.29) is 17.0 Å². The van der Waals surface area contributed by atoms with Crippen molar-refractivity contribution in [2.45, 2.75) is 42.5 Å². The molecule has 0 radical (unpaired) electrons. The van der Waals surface area contributed by atoms with Crippen LogP contribution in [-0.4, -0.2) is 38.2 Å². The van der Waals surface area contributed by atoms with Crippen molar-refractivity contribution >= 4 is 21.6 Å². The summed E-state index contributed by atoms with van der Waals surface area (Å²) in [6, 6.07) is 1.82. The largest absolute Gasteiger partial charge is 0.306 e. The highest BCUT2D eigenvalue weighted by molar-refractivity contribution is 7.90. The maximum absolute atomic E-state index is 14.0. The molecule has 23 heavy (non-hydrogen) atoms. The molecule has 2 aliphatic rings. The highest BCUT2D eigenvalue weighted by Crippen LogP contribution is 2.33. The zero-order valence-electron chi connectivity index (χ0n) is 12.0. The number of rotatable bonds is 5. The van der Waals surface area contributed by atoms with Gasteiger partial charge in [0.1, 0.15) is 11.9 Å². The number of benzene rings is 1. The summed E-state index contributed by atoms with van der Waals surface area (Å²) in [5.41, 5.74) is 0.170. The van der Waals surface area contributed by atoms with Crippen LogP contribution in [0.25, 0.3) is 0 Å². The Morgan fingerprint density at radius 1 is 1.35 bits per heavy atom. The minimum atomic E-state index is -3.77. The first kappa shape index (κ1) is 17.0. The summed E-state index contributed by atoms with van der Waals surface area (Å²) >= 11 is 5.69. The fraction of sp³-hybridized carbons (Fsp3) is 0.571. The Morgan fingerprint density at radius 2 is 2.04 bits per heavy atom. The van der Waals surface area contributed by atoms with Crippen LogP contribution in [0.5, 0.6) is 0 Å².